The summed E-state index contributed by atoms with van der Waals surface area (Å²) < 4.78 is 0. The largest absolute Gasteiger partial charge is 0.399 e. The van der Waals surface area contributed by atoms with E-state index in [-0.39, 0.29) is 0 Å². The summed E-state index contributed by atoms with van der Waals surface area (Å²) in [6.07, 6.45) is 0. The van der Waals surface area contributed by atoms with E-state index >= 15 is 0 Å². The maximum Gasteiger partial charge on any atom is 0.0314 e. The van der Waals surface area contributed by atoms with Crippen LogP contribution in [0.5, 0.6) is 0 Å². The van der Waals surface area contributed by atoms with Gasteiger partial charge in [-0.15, -0.1) is 0 Å². The van der Waals surface area contributed by atoms with Gasteiger partial charge in [-0.05, 0) is 41.9 Å². The van der Waals surface area contributed by atoms with Crippen LogP contribution in [0, 0.1) is 0 Å². The number of nitrogens with two attached hydrogens (primary N) is 1. The summed E-state index contributed by atoms with van der Waals surface area (Å²) in [7, 11) is 0. The maximum absolute atomic E-state index is 5.76. The molecular formula is C17H22N2. The lowest BCUT2D eigenvalue weighted by Crippen LogP contribution is -2.22. The van der Waals surface area contributed by atoms with E-state index in [1.54, 1.807) is 0 Å². The van der Waals surface area contributed by atoms with Crippen molar-refractivity contribution in [2.75, 3.05) is 18.8 Å². The quantitative estimate of drug-likeness (QED) is 0.823. The second kappa shape index (κ2) is 6.39. The lowest BCUT2D eigenvalue weighted by molar-refractivity contribution is 0.296. The fraction of sp³-hybridized carbons (Fsp3) is 0.294. The molecule has 0 aliphatic carbocycles. The molecule has 0 aromatic heterocycles. The number of nitrogens with zero attached hydrogens (tertiary/aromatic N) is 1. The molecule has 0 spiro atoms. The first-order chi connectivity index (χ1) is 9.24. The maximum atomic E-state index is 5.76. The molecular weight excluding hydrogens is 232 g/mol. The van der Waals surface area contributed by atoms with Crippen LogP contribution in [-0.4, -0.2) is 18.0 Å². The van der Waals surface area contributed by atoms with Gasteiger partial charge in [0.15, 0.2) is 0 Å². The van der Waals surface area contributed by atoms with E-state index in [9.17, 15) is 0 Å². The molecule has 19 heavy (non-hydrogen) atoms. The Morgan fingerprint density at radius 2 is 1.53 bits per heavy atom. The van der Waals surface area contributed by atoms with E-state index in [0.717, 1.165) is 25.3 Å². The van der Waals surface area contributed by atoms with Crippen LogP contribution in [0.1, 0.15) is 19.4 Å². The highest BCUT2D eigenvalue weighted by Crippen LogP contribution is 2.25. The van der Waals surface area contributed by atoms with Crippen LogP contribution in [0.4, 0.5) is 5.69 Å². The van der Waals surface area contributed by atoms with Gasteiger partial charge in [0.25, 0.3) is 0 Å². The van der Waals surface area contributed by atoms with Crippen molar-refractivity contribution in [2.45, 2.75) is 20.4 Å². The zero-order valence-electron chi connectivity index (χ0n) is 11.8. The van der Waals surface area contributed by atoms with E-state index in [4.69, 9.17) is 5.73 Å². The molecule has 0 unspecified atom stereocenters. The fourth-order valence-corrected chi connectivity index (χ4v) is 2.29. The SMILES string of the molecule is CCN(CC)Cc1ccccc1-c1ccc(N)cc1. The van der Waals surface area contributed by atoms with Crippen molar-refractivity contribution in [3.63, 3.8) is 0 Å². The summed E-state index contributed by atoms with van der Waals surface area (Å²) in [6, 6.07) is 16.7. The van der Waals surface area contributed by atoms with E-state index in [2.05, 4.69) is 55.1 Å². The van der Waals surface area contributed by atoms with Crippen LogP contribution in [0.15, 0.2) is 48.5 Å². The van der Waals surface area contributed by atoms with Crippen molar-refractivity contribution in [2.24, 2.45) is 0 Å². The molecule has 0 aliphatic heterocycles. The number of hydrogen-bond donors (Lipinski definition) is 1. The molecule has 2 rings (SSSR count). The van der Waals surface area contributed by atoms with Crippen molar-refractivity contribution in [3.05, 3.63) is 54.1 Å². The van der Waals surface area contributed by atoms with Gasteiger partial charge < -0.3 is 5.73 Å². The van der Waals surface area contributed by atoms with Crippen LogP contribution in [0.3, 0.4) is 0 Å². The molecule has 0 aliphatic rings. The number of rotatable bonds is 5. The molecule has 0 radical (unpaired) electrons. The Hall–Kier alpha value is -1.80. The van der Waals surface area contributed by atoms with E-state index in [1.165, 1.54) is 16.7 Å². The Balaban J connectivity index is 2.32. The van der Waals surface area contributed by atoms with Gasteiger partial charge >= 0.3 is 0 Å². The summed E-state index contributed by atoms with van der Waals surface area (Å²) in [5.41, 5.74) is 10.5. The lowest BCUT2D eigenvalue weighted by atomic mass is 9.99. The van der Waals surface area contributed by atoms with Crippen molar-refractivity contribution in [3.8, 4) is 11.1 Å². The first kappa shape index (κ1) is 13.6. The Bertz CT molecular complexity index is 513. The number of benzene rings is 2. The first-order valence-corrected chi connectivity index (χ1v) is 6.90. The molecule has 0 heterocycles. The minimum absolute atomic E-state index is 0.810. The third-order valence-corrected chi connectivity index (χ3v) is 3.53. The molecule has 0 amide bonds. The average Bonchev–Trinajstić information content (AvgIpc) is 2.46. The Morgan fingerprint density at radius 1 is 0.895 bits per heavy atom. The second-order valence-corrected chi connectivity index (χ2v) is 4.74. The average molecular weight is 254 g/mol. The van der Waals surface area contributed by atoms with Gasteiger partial charge in [0, 0.05) is 12.2 Å². The Labute approximate surface area is 115 Å². The van der Waals surface area contributed by atoms with Crippen molar-refractivity contribution in [1.29, 1.82) is 0 Å². The molecule has 2 aromatic rings. The number of hydrogen-bond acceptors (Lipinski definition) is 2. The number of nitrogen functional groups attached to an aromatic ring is 1. The predicted octanol–water partition coefficient (Wildman–Crippen LogP) is 3.78. The summed E-state index contributed by atoms with van der Waals surface area (Å²) in [6.45, 7) is 7.55. The molecule has 2 nitrogen and oxygen atoms in total. The summed E-state index contributed by atoms with van der Waals surface area (Å²) >= 11 is 0. The highest BCUT2D eigenvalue weighted by atomic mass is 15.1. The van der Waals surface area contributed by atoms with Crippen molar-refractivity contribution >= 4 is 5.69 Å². The fourth-order valence-electron chi connectivity index (χ4n) is 2.29. The molecule has 0 fully saturated rings. The van der Waals surface area contributed by atoms with Gasteiger partial charge in [0.05, 0.1) is 0 Å². The zero-order valence-corrected chi connectivity index (χ0v) is 11.8. The third-order valence-electron chi connectivity index (χ3n) is 3.53. The van der Waals surface area contributed by atoms with Gasteiger partial charge in [-0.25, -0.2) is 0 Å². The molecule has 2 N–H and O–H groups in total. The van der Waals surface area contributed by atoms with Gasteiger partial charge in [0.1, 0.15) is 0 Å². The minimum atomic E-state index is 0.810. The van der Waals surface area contributed by atoms with E-state index < -0.39 is 0 Å². The predicted molar refractivity (Wildman–Crippen MR) is 82.9 cm³/mol. The molecule has 2 heteroatoms. The molecule has 2 aromatic carbocycles. The van der Waals surface area contributed by atoms with Crippen LogP contribution in [0.2, 0.25) is 0 Å². The van der Waals surface area contributed by atoms with Crippen LogP contribution >= 0.6 is 0 Å². The minimum Gasteiger partial charge on any atom is -0.399 e. The third kappa shape index (κ3) is 3.36. The molecule has 0 saturated carbocycles. The standard InChI is InChI=1S/C17H22N2/c1-3-19(4-2)13-15-7-5-6-8-17(15)14-9-11-16(18)12-10-14/h5-12H,3-4,13,18H2,1-2H3. The van der Waals surface area contributed by atoms with Crippen molar-refractivity contribution in [1.82, 2.24) is 4.90 Å². The molecule has 0 atom stereocenters. The van der Waals surface area contributed by atoms with Gasteiger partial charge in [-0.3, -0.25) is 4.90 Å². The van der Waals surface area contributed by atoms with E-state index in [1.807, 2.05) is 12.1 Å². The zero-order chi connectivity index (χ0) is 13.7. The normalized spacial score (nSPS) is 10.9. The topological polar surface area (TPSA) is 29.3 Å². The van der Waals surface area contributed by atoms with Crippen molar-refractivity contribution < 1.29 is 0 Å². The number of anilines is 1. The van der Waals surface area contributed by atoms with Gasteiger partial charge in [0.2, 0.25) is 0 Å². The summed E-state index contributed by atoms with van der Waals surface area (Å²) in [4.78, 5) is 2.43. The van der Waals surface area contributed by atoms with Crippen LogP contribution < -0.4 is 5.73 Å². The van der Waals surface area contributed by atoms with E-state index in [0.29, 0.717) is 0 Å². The molecule has 100 valence electrons. The molecule has 0 saturated heterocycles. The van der Waals surface area contributed by atoms with Gasteiger partial charge in [-0.1, -0.05) is 50.2 Å². The van der Waals surface area contributed by atoms with Crippen LogP contribution in [0.25, 0.3) is 11.1 Å². The lowest BCUT2D eigenvalue weighted by Gasteiger charge is -2.20. The summed E-state index contributed by atoms with van der Waals surface area (Å²) in [5, 5.41) is 0. The smallest absolute Gasteiger partial charge is 0.0314 e. The first-order valence-electron chi connectivity index (χ1n) is 6.90. The summed E-state index contributed by atoms with van der Waals surface area (Å²) in [5.74, 6) is 0. The second-order valence-electron chi connectivity index (χ2n) is 4.74. The Kier molecular flexibility index (Phi) is 4.58. The molecule has 0 bridgehead atoms. The monoisotopic (exact) mass is 254 g/mol. The highest BCUT2D eigenvalue weighted by Gasteiger charge is 2.07. The highest BCUT2D eigenvalue weighted by molar-refractivity contribution is 5.68. The van der Waals surface area contributed by atoms with Gasteiger partial charge in [-0.2, -0.15) is 0 Å². The van der Waals surface area contributed by atoms with Crippen LogP contribution in [-0.2, 0) is 6.54 Å². The Morgan fingerprint density at radius 3 is 2.16 bits per heavy atom.